The van der Waals surface area contributed by atoms with Crippen molar-refractivity contribution in [2.45, 2.75) is 32.8 Å². The molecule has 0 aliphatic heterocycles. The maximum atomic E-state index is 10.0. The van der Waals surface area contributed by atoms with E-state index in [1.54, 1.807) is 6.92 Å². The summed E-state index contributed by atoms with van der Waals surface area (Å²) in [6, 6.07) is 0. The maximum Gasteiger partial charge on any atom is 0.303 e. The Labute approximate surface area is 60.7 Å². The SMILES string of the molecule is C[C@H](O)[C@H](C)CCC(=O)O. The Morgan fingerprint density at radius 2 is 2.00 bits per heavy atom. The summed E-state index contributed by atoms with van der Waals surface area (Å²) < 4.78 is 0. The molecule has 0 radical (unpaired) electrons. The minimum atomic E-state index is -0.799. The van der Waals surface area contributed by atoms with Crippen molar-refractivity contribution in [2.75, 3.05) is 0 Å². The number of rotatable bonds is 4. The molecule has 2 atom stereocenters. The molecule has 0 spiro atoms. The van der Waals surface area contributed by atoms with Gasteiger partial charge in [0.2, 0.25) is 0 Å². The summed E-state index contributed by atoms with van der Waals surface area (Å²) in [6.45, 7) is 3.51. The van der Waals surface area contributed by atoms with Gasteiger partial charge in [0.15, 0.2) is 0 Å². The van der Waals surface area contributed by atoms with Gasteiger partial charge in [0.1, 0.15) is 0 Å². The lowest BCUT2D eigenvalue weighted by molar-refractivity contribution is -0.137. The second-order valence-electron chi connectivity index (χ2n) is 2.65. The largest absolute Gasteiger partial charge is 0.481 e. The molecule has 0 aromatic rings. The average Bonchev–Trinajstić information content (AvgIpc) is 1.82. The minimum Gasteiger partial charge on any atom is -0.481 e. The molecule has 3 nitrogen and oxygen atoms in total. The van der Waals surface area contributed by atoms with E-state index in [2.05, 4.69) is 0 Å². The van der Waals surface area contributed by atoms with Gasteiger partial charge in [-0.25, -0.2) is 0 Å². The molecule has 0 heterocycles. The van der Waals surface area contributed by atoms with E-state index in [-0.39, 0.29) is 12.3 Å². The third-order valence-corrected chi connectivity index (χ3v) is 1.64. The van der Waals surface area contributed by atoms with Gasteiger partial charge in [-0.1, -0.05) is 6.92 Å². The average molecular weight is 146 g/mol. The van der Waals surface area contributed by atoms with E-state index >= 15 is 0 Å². The van der Waals surface area contributed by atoms with Crippen molar-refractivity contribution in [2.24, 2.45) is 5.92 Å². The third kappa shape index (κ3) is 4.32. The second-order valence-corrected chi connectivity index (χ2v) is 2.65. The summed E-state index contributed by atoms with van der Waals surface area (Å²) in [4.78, 5) is 10.0. The topological polar surface area (TPSA) is 57.5 Å². The molecule has 0 aliphatic carbocycles. The molecule has 0 bridgehead atoms. The molecule has 0 amide bonds. The fourth-order valence-corrected chi connectivity index (χ4v) is 0.592. The van der Waals surface area contributed by atoms with Gasteiger partial charge in [0, 0.05) is 6.42 Å². The lowest BCUT2D eigenvalue weighted by atomic mass is 10.0. The minimum absolute atomic E-state index is 0.0797. The number of aliphatic hydroxyl groups is 1. The molecule has 3 heteroatoms. The van der Waals surface area contributed by atoms with Crippen molar-refractivity contribution in [1.29, 1.82) is 0 Å². The smallest absolute Gasteiger partial charge is 0.303 e. The van der Waals surface area contributed by atoms with E-state index in [1.807, 2.05) is 6.92 Å². The van der Waals surface area contributed by atoms with Gasteiger partial charge in [-0.2, -0.15) is 0 Å². The lowest BCUT2D eigenvalue weighted by Gasteiger charge is -2.11. The Morgan fingerprint density at radius 3 is 2.30 bits per heavy atom. The molecule has 60 valence electrons. The zero-order chi connectivity index (χ0) is 8.15. The zero-order valence-corrected chi connectivity index (χ0v) is 6.37. The number of carboxylic acid groups (broad SMARTS) is 1. The fraction of sp³-hybridized carbons (Fsp3) is 0.857. The monoisotopic (exact) mass is 146 g/mol. The quantitative estimate of drug-likeness (QED) is 0.618. The van der Waals surface area contributed by atoms with Crippen molar-refractivity contribution >= 4 is 5.97 Å². The van der Waals surface area contributed by atoms with E-state index < -0.39 is 12.1 Å². The first-order valence-corrected chi connectivity index (χ1v) is 3.44. The molecule has 0 rings (SSSR count). The zero-order valence-electron chi connectivity index (χ0n) is 6.37. The maximum absolute atomic E-state index is 10.0. The van der Waals surface area contributed by atoms with Gasteiger partial charge in [0.05, 0.1) is 6.10 Å². The molecular weight excluding hydrogens is 132 g/mol. The van der Waals surface area contributed by atoms with Crippen LogP contribution in [0.3, 0.4) is 0 Å². The summed E-state index contributed by atoms with van der Waals surface area (Å²) in [7, 11) is 0. The fourth-order valence-electron chi connectivity index (χ4n) is 0.592. The van der Waals surface area contributed by atoms with Gasteiger partial charge in [-0.15, -0.1) is 0 Å². The summed E-state index contributed by atoms with van der Waals surface area (Å²) in [5.74, 6) is -0.719. The molecule has 0 fully saturated rings. The molecule has 10 heavy (non-hydrogen) atoms. The Bertz CT molecular complexity index is 109. The number of hydrogen-bond donors (Lipinski definition) is 2. The molecule has 0 aromatic heterocycles. The van der Waals surface area contributed by atoms with Crippen molar-refractivity contribution in [1.82, 2.24) is 0 Å². The highest BCUT2D eigenvalue weighted by Gasteiger charge is 2.09. The van der Waals surface area contributed by atoms with E-state index in [4.69, 9.17) is 10.2 Å². The standard InChI is InChI=1S/C7H14O3/c1-5(6(2)8)3-4-7(9)10/h5-6,8H,3-4H2,1-2H3,(H,9,10)/t5-,6+/m1/s1. The number of aliphatic hydroxyl groups excluding tert-OH is 1. The van der Waals surface area contributed by atoms with Crippen molar-refractivity contribution in [3.05, 3.63) is 0 Å². The van der Waals surface area contributed by atoms with Gasteiger partial charge >= 0.3 is 5.97 Å². The second kappa shape index (κ2) is 4.28. The van der Waals surface area contributed by atoms with Gasteiger partial charge in [-0.3, -0.25) is 4.79 Å². The van der Waals surface area contributed by atoms with Gasteiger partial charge in [-0.05, 0) is 19.3 Å². The first-order valence-electron chi connectivity index (χ1n) is 3.44. The molecule has 0 saturated heterocycles. The summed E-state index contributed by atoms with van der Waals surface area (Å²) in [5.41, 5.74) is 0. The lowest BCUT2D eigenvalue weighted by Crippen LogP contribution is -2.14. The number of carbonyl (C=O) groups is 1. The van der Waals surface area contributed by atoms with Crippen LogP contribution in [0.4, 0.5) is 0 Å². The molecule has 2 N–H and O–H groups in total. The van der Waals surface area contributed by atoms with Crippen LogP contribution in [0.25, 0.3) is 0 Å². The van der Waals surface area contributed by atoms with Crippen LogP contribution in [0.1, 0.15) is 26.7 Å². The van der Waals surface area contributed by atoms with Crippen molar-refractivity contribution < 1.29 is 15.0 Å². The van der Waals surface area contributed by atoms with E-state index in [9.17, 15) is 4.79 Å². The van der Waals surface area contributed by atoms with E-state index in [0.29, 0.717) is 6.42 Å². The summed E-state index contributed by atoms with van der Waals surface area (Å²) in [5, 5.41) is 17.2. The third-order valence-electron chi connectivity index (χ3n) is 1.64. The highest BCUT2D eigenvalue weighted by molar-refractivity contribution is 5.66. The highest BCUT2D eigenvalue weighted by Crippen LogP contribution is 2.09. The molecule has 0 aliphatic rings. The van der Waals surface area contributed by atoms with E-state index in [1.165, 1.54) is 0 Å². The Balaban J connectivity index is 3.39. The Hall–Kier alpha value is -0.570. The van der Waals surface area contributed by atoms with E-state index in [0.717, 1.165) is 0 Å². The van der Waals surface area contributed by atoms with Crippen LogP contribution < -0.4 is 0 Å². The molecule has 0 unspecified atom stereocenters. The van der Waals surface area contributed by atoms with Crippen LogP contribution in [-0.2, 0) is 4.79 Å². The number of carboxylic acids is 1. The van der Waals surface area contributed by atoms with Crippen LogP contribution >= 0.6 is 0 Å². The normalized spacial score (nSPS) is 16.3. The first-order chi connectivity index (χ1) is 4.54. The molecule has 0 aromatic carbocycles. The van der Waals surface area contributed by atoms with Crippen LogP contribution in [0.5, 0.6) is 0 Å². The summed E-state index contributed by atoms with van der Waals surface area (Å²) in [6.07, 6.45) is 0.290. The predicted octanol–water partition coefficient (Wildman–Crippen LogP) is 0.868. The van der Waals surface area contributed by atoms with Gasteiger partial charge < -0.3 is 10.2 Å². The predicted molar refractivity (Wildman–Crippen MR) is 37.7 cm³/mol. The van der Waals surface area contributed by atoms with Crippen LogP contribution in [0.15, 0.2) is 0 Å². The number of aliphatic carboxylic acids is 1. The van der Waals surface area contributed by atoms with Crippen LogP contribution in [0.2, 0.25) is 0 Å². The van der Waals surface area contributed by atoms with Crippen LogP contribution in [0, 0.1) is 5.92 Å². The Morgan fingerprint density at radius 1 is 1.50 bits per heavy atom. The summed E-state index contributed by atoms with van der Waals surface area (Å²) >= 11 is 0. The molecular formula is C7H14O3. The molecule has 0 saturated carbocycles. The van der Waals surface area contributed by atoms with Crippen molar-refractivity contribution in [3.63, 3.8) is 0 Å². The first kappa shape index (κ1) is 9.43. The van der Waals surface area contributed by atoms with Crippen LogP contribution in [-0.4, -0.2) is 22.3 Å². The van der Waals surface area contributed by atoms with Crippen molar-refractivity contribution in [3.8, 4) is 0 Å². The van der Waals surface area contributed by atoms with Gasteiger partial charge in [0.25, 0.3) is 0 Å². The Kier molecular flexibility index (Phi) is 4.03. The number of hydrogen-bond acceptors (Lipinski definition) is 2. The highest BCUT2D eigenvalue weighted by atomic mass is 16.4.